The molecule has 0 spiro atoms. The highest BCUT2D eigenvalue weighted by Gasteiger charge is 2.48. The highest BCUT2D eigenvalue weighted by atomic mass is 32.2. The standard InChI is InChI=1S/C33H29F6N3O6S/c1-19(2)28(30(44)32(34,35)36)40-27(43)18-42-26(21-11-7-4-8-12-21)16-24-23-15-22(48-49(46,47)33(37,38)39)13-14-25(23)41(29(24)31(42)45)17-20-9-5-3-6-10-20/h3-16,19,28,30,44H,17-18H2,1-2H3,(H,40,43). The SMILES string of the molecule is CC(C)C(NC(=O)Cn1c(-c2ccccc2)cc2c3cc(OS(=O)(=O)C(F)(F)F)ccc3n(Cc3ccccc3)c2c1=O)C(O)C(F)(F)F. The Kier molecular flexibility index (Phi) is 9.58. The number of nitrogens with zero attached hydrogens (tertiary/aromatic N) is 2. The molecule has 5 aromatic rings. The molecule has 49 heavy (non-hydrogen) atoms. The predicted octanol–water partition coefficient (Wildman–Crippen LogP) is 5.96. The Morgan fingerprint density at radius 1 is 0.878 bits per heavy atom. The van der Waals surface area contributed by atoms with Crippen molar-refractivity contribution in [2.45, 2.75) is 50.8 Å². The van der Waals surface area contributed by atoms with Gasteiger partial charge >= 0.3 is 21.8 Å². The van der Waals surface area contributed by atoms with Gasteiger partial charge in [-0.05, 0) is 41.3 Å². The number of carbonyl (C=O) groups is 1. The van der Waals surface area contributed by atoms with Crippen LogP contribution < -0.4 is 15.1 Å². The summed E-state index contributed by atoms with van der Waals surface area (Å²) in [5.41, 5.74) is -4.97. The third kappa shape index (κ3) is 7.29. The molecule has 0 aliphatic rings. The van der Waals surface area contributed by atoms with Crippen molar-refractivity contribution < 1.29 is 48.8 Å². The lowest BCUT2D eigenvalue weighted by atomic mass is 9.98. The van der Waals surface area contributed by atoms with E-state index in [1.807, 2.05) is 0 Å². The molecule has 2 N–H and O–H groups in total. The lowest BCUT2D eigenvalue weighted by Crippen LogP contribution is -2.53. The summed E-state index contributed by atoms with van der Waals surface area (Å²) in [6.45, 7) is 2.06. The van der Waals surface area contributed by atoms with Crippen molar-refractivity contribution in [1.82, 2.24) is 14.5 Å². The first kappa shape index (κ1) is 35.5. The van der Waals surface area contributed by atoms with Gasteiger partial charge in [0.25, 0.3) is 5.56 Å². The van der Waals surface area contributed by atoms with Crippen LogP contribution in [0, 0.1) is 5.92 Å². The maximum Gasteiger partial charge on any atom is 0.534 e. The van der Waals surface area contributed by atoms with Crippen molar-refractivity contribution in [3.8, 4) is 17.0 Å². The highest BCUT2D eigenvalue weighted by Crippen LogP contribution is 2.35. The molecular weight excluding hydrogens is 680 g/mol. The van der Waals surface area contributed by atoms with Gasteiger partial charge in [-0.3, -0.25) is 14.2 Å². The van der Waals surface area contributed by atoms with E-state index in [9.17, 15) is 49.5 Å². The summed E-state index contributed by atoms with van der Waals surface area (Å²) in [5.74, 6) is -2.52. The highest BCUT2D eigenvalue weighted by molar-refractivity contribution is 7.88. The number of amides is 1. The topological polar surface area (TPSA) is 120 Å². The van der Waals surface area contributed by atoms with Crippen molar-refractivity contribution in [3.63, 3.8) is 0 Å². The number of aliphatic hydroxyl groups excluding tert-OH is 1. The smallest absolute Gasteiger partial charge is 0.382 e. The molecule has 2 heterocycles. The molecule has 9 nitrogen and oxygen atoms in total. The minimum Gasteiger partial charge on any atom is -0.382 e. The summed E-state index contributed by atoms with van der Waals surface area (Å²) in [5, 5.41) is 12.5. The van der Waals surface area contributed by atoms with Gasteiger partial charge in [-0.15, -0.1) is 0 Å². The number of benzene rings is 3. The van der Waals surface area contributed by atoms with E-state index in [2.05, 4.69) is 9.50 Å². The van der Waals surface area contributed by atoms with E-state index in [1.54, 1.807) is 60.7 Å². The van der Waals surface area contributed by atoms with Crippen LogP contribution >= 0.6 is 0 Å². The molecular formula is C33H29F6N3O6S. The van der Waals surface area contributed by atoms with Crippen molar-refractivity contribution in [2.24, 2.45) is 5.92 Å². The first-order chi connectivity index (χ1) is 22.9. The van der Waals surface area contributed by atoms with Gasteiger partial charge in [-0.1, -0.05) is 74.5 Å². The number of halogens is 6. The largest absolute Gasteiger partial charge is 0.534 e. The number of hydrogen-bond donors (Lipinski definition) is 2. The Hall–Kier alpha value is -4.83. The zero-order valence-electron chi connectivity index (χ0n) is 25.8. The lowest BCUT2D eigenvalue weighted by molar-refractivity contribution is -0.215. The summed E-state index contributed by atoms with van der Waals surface area (Å²) < 4.78 is 110. The van der Waals surface area contributed by atoms with Crippen LogP contribution in [0.2, 0.25) is 0 Å². The Balaban J connectivity index is 1.74. The molecule has 0 fully saturated rings. The van der Waals surface area contributed by atoms with Crippen LogP contribution in [-0.2, 0) is 28.0 Å². The van der Waals surface area contributed by atoms with Gasteiger partial charge in [0.15, 0.2) is 6.10 Å². The maximum absolute atomic E-state index is 14.5. The number of alkyl halides is 6. The molecule has 1 amide bonds. The van der Waals surface area contributed by atoms with Gasteiger partial charge in [0.1, 0.15) is 17.8 Å². The molecule has 2 atom stereocenters. The molecule has 0 aliphatic heterocycles. The fourth-order valence-corrected chi connectivity index (χ4v) is 5.99. The molecule has 16 heteroatoms. The maximum atomic E-state index is 14.5. The number of pyridine rings is 1. The molecule has 0 saturated heterocycles. The van der Waals surface area contributed by atoms with Crippen LogP contribution in [0.5, 0.6) is 5.75 Å². The van der Waals surface area contributed by atoms with Crippen LogP contribution in [0.1, 0.15) is 19.4 Å². The summed E-state index contributed by atoms with van der Waals surface area (Å²) >= 11 is 0. The van der Waals surface area contributed by atoms with Gasteiger partial charge in [-0.2, -0.15) is 34.8 Å². The minimum atomic E-state index is -6.03. The number of aromatic nitrogens is 2. The third-order valence-electron chi connectivity index (χ3n) is 7.86. The zero-order valence-corrected chi connectivity index (χ0v) is 26.6. The van der Waals surface area contributed by atoms with Crippen LogP contribution in [0.3, 0.4) is 0 Å². The summed E-state index contributed by atoms with van der Waals surface area (Å²) in [6, 6.07) is 20.0. The molecule has 5 rings (SSSR count). The van der Waals surface area contributed by atoms with Crippen LogP contribution in [-0.4, -0.2) is 52.4 Å². The van der Waals surface area contributed by atoms with Crippen molar-refractivity contribution >= 4 is 37.8 Å². The molecule has 0 saturated carbocycles. The summed E-state index contributed by atoms with van der Waals surface area (Å²) in [7, 11) is -6.03. The minimum absolute atomic E-state index is 0.0297. The zero-order chi connectivity index (χ0) is 35.9. The van der Waals surface area contributed by atoms with Gasteiger partial charge in [0.05, 0.1) is 11.7 Å². The van der Waals surface area contributed by atoms with Crippen LogP contribution in [0.4, 0.5) is 26.3 Å². The molecule has 0 radical (unpaired) electrons. The third-order valence-corrected chi connectivity index (χ3v) is 8.84. The fraction of sp³-hybridized carbons (Fsp3) is 0.273. The van der Waals surface area contributed by atoms with E-state index in [1.165, 1.54) is 30.5 Å². The average Bonchev–Trinajstić information content (AvgIpc) is 3.32. The Labute approximate surface area is 275 Å². The number of aliphatic hydroxyl groups is 1. The summed E-state index contributed by atoms with van der Waals surface area (Å²) in [4.78, 5) is 27.8. The molecule has 0 aliphatic carbocycles. The second kappa shape index (κ2) is 13.2. The summed E-state index contributed by atoms with van der Waals surface area (Å²) in [6.07, 6.45) is -7.91. The quantitative estimate of drug-likeness (QED) is 0.105. The molecule has 2 unspecified atom stereocenters. The first-order valence-corrected chi connectivity index (χ1v) is 16.1. The van der Waals surface area contributed by atoms with Gasteiger partial charge in [0.2, 0.25) is 5.91 Å². The monoisotopic (exact) mass is 709 g/mol. The Morgan fingerprint density at radius 3 is 2.06 bits per heavy atom. The number of hydrogen-bond acceptors (Lipinski definition) is 6. The molecule has 0 bridgehead atoms. The number of rotatable bonds is 10. The predicted molar refractivity (Wildman–Crippen MR) is 169 cm³/mol. The van der Waals surface area contributed by atoms with Crippen molar-refractivity contribution in [3.05, 3.63) is 101 Å². The Bertz CT molecular complexity index is 2160. The van der Waals surface area contributed by atoms with E-state index < -0.39 is 63.6 Å². The fourth-order valence-electron chi connectivity index (χ4n) is 5.54. The van der Waals surface area contributed by atoms with E-state index >= 15 is 0 Å². The van der Waals surface area contributed by atoms with Gasteiger partial charge < -0.3 is 19.2 Å². The van der Waals surface area contributed by atoms with Crippen LogP contribution in [0.15, 0.2) is 89.7 Å². The van der Waals surface area contributed by atoms with Crippen molar-refractivity contribution in [2.75, 3.05) is 0 Å². The van der Waals surface area contributed by atoms with E-state index in [0.29, 0.717) is 16.6 Å². The van der Waals surface area contributed by atoms with Gasteiger partial charge in [-0.25, -0.2) is 0 Å². The average molecular weight is 710 g/mol. The number of nitrogens with one attached hydrogen (secondary N) is 1. The molecule has 3 aromatic carbocycles. The second-order valence-electron chi connectivity index (χ2n) is 11.6. The number of carbonyl (C=O) groups excluding carboxylic acids is 1. The number of fused-ring (bicyclic) bond motifs is 3. The molecule has 260 valence electrons. The van der Waals surface area contributed by atoms with E-state index in [0.717, 1.165) is 16.7 Å². The van der Waals surface area contributed by atoms with Gasteiger partial charge in [0, 0.05) is 22.8 Å². The van der Waals surface area contributed by atoms with Crippen LogP contribution in [0.25, 0.3) is 33.1 Å². The normalized spacial score (nSPS) is 13.9. The first-order valence-electron chi connectivity index (χ1n) is 14.7. The van der Waals surface area contributed by atoms with E-state index in [-0.39, 0.29) is 28.5 Å². The molecule has 2 aromatic heterocycles. The lowest BCUT2D eigenvalue weighted by Gasteiger charge is -2.29. The Morgan fingerprint density at radius 2 is 1.49 bits per heavy atom. The second-order valence-corrected chi connectivity index (χ2v) is 13.1. The van der Waals surface area contributed by atoms with Crippen molar-refractivity contribution in [1.29, 1.82) is 0 Å². The van der Waals surface area contributed by atoms with E-state index in [4.69, 9.17) is 0 Å².